The second-order valence-electron chi connectivity index (χ2n) is 5.62. The molecule has 0 heterocycles. The Bertz CT molecular complexity index is 670. The molecule has 2 rings (SSSR count). The lowest BCUT2D eigenvalue weighted by molar-refractivity contribution is 0.0954. The first kappa shape index (κ1) is 17.6. The van der Waals surface area contributed by atoms with Crippen LogP contribution in [-0.4, -0.2) is 26.0 Å². The number of carbonyl (C=O) groups excluding carboxylic acids is 1. The molecule has 0 aliphatic carbocycles. The van der Waals surface area contributed by atoms with Crippen molar-refractivity contribution in [3.63, 3.8) is 0 Å². The molecule has 23 heavy (non-hydrogen) atoms. The van der Waals surface area contributed by atoms with Crippen LogP contribution in [0.4, 0.5) is 0 Å². The summed E-state index contributed by atoms with van der Waals surface area (Å²) in [5.41, 5.74) is 4.47. The molecule has 0 radical (unpaired) electrons. The SMILES string of the molecule is CNCCNC(=O)c1cccc(CSc2ccc(C)cc2C)c1. The molecule has 2 aromatic rings. The molecule has 0 fully saturated rings. The van der Waals surface area contributed by atoms with Gasteiger partial charge in [0.05, 0.1) is 0 Å². The zero-order valence-electron chi connectivity index (χ0n) is 14.0. The molecule has 0 aromatic heterocycles. The summed E-state index contributed by atoms with van der Waals surface area (Å²) in [5, 5.41) is 5.92. The number of carbonyl (C=O) groups is 1. The average molecular weight is 328 g/mol. The summed E-state index contributed by atoms with van der Waals surface area (Å²) in [7, 11) is 1.87. The second-order valence-corrected chi connectivity index (χ2v) is 6.63. The predicted molar refractivity (Wildman–Crippen MR) is 98.2 cm³/mol. The van der Waals surface area contributed by atoms with Gasteiger partial charge in [0.15, 0.2) is 0 Å². The van der Waals surface area contributed by atoms with E-state index < -0.39 is 0 Å². The predicted octanol–water partition coefficient (Wildman–Crippen LogP) is 3.54. The minimum Gasteiger partial charge on any atom is -0.351 e. The number of hydrogen-bond donors (Lipinski definition) is 2. The van der Waals surface area contributed by atoms with Crippen molar-refractivity contribution in [1.29, 1.82) is 0 Å². The van der Waals surface area contributed by atoms with Crippen molar-refractivity contribution in [3.05, 3.63) is 64.7 Å². The Kier molecular flexibility index (Phi) is 6.68. The second kappa shape index (κ2) is 8.75. The first-order valence-corrected chi connectivity index (χ1v) is 8.80. The van der Waals surface area contributed by atoms with Crippen LogP contribution in [0.15, 0.2) is 47.4 Å². The topological polar surface area (TPSA) is 41.1 Å². The molecular weight excluding hydrogens is 304 g/mol. The van der Waals surface area contributed by atoms with Crippen molar-refractivity contribution in [2.24, 2.45) is 0 Å². The first-order valence-electron chi connectivity index (χ1n) is 7.82. The van der Waals surface area contributed by atoms with Crippen LogP contribution in [0.5, 0.6) is 0 Å². The van der Waals surface area contributed by atoms with E-state index in [4.69, 9.17) is 0 Å². The third kappa shape index (κ3) is 5.41. The molecule has 3 nitrogen and oxygen atoms in total. The fourth-order valence-corrected chi connectivity index (χ4v) is 3.28. The van der Waals surface area contributed by atoms with Crippen molar-refractivity contribution < 1.29 is 4.79 Å². The van der Waals surface area contributed by atoms with E-state index in [1.807, 2.05) is 37.0 Å². The first-order chi connectivity index (χ1) is 11.1. The van der Waals surface area contributed by atoms with Gasteiger partial charge in [-0.3, -0.25) is 4.79 Å². The van der Waals surface area contributed by atoms with Crippen molar-refractivity contribution >= 4 is 17.7 Å². The van der Waals surface area contributed by atoms with Crippen LogP contribution in [-0.2, 0) is 5.75 Å². The van der Waals surface area contributed by atoms with Crippen LogP contribution in [0.2, 0.25) is 0 Å². The van der Waals surface area contributed by atoms with E-state index in [9.17, 15) is 4.79 Å². The van der Waals surface area contributed by atoms with E-state index in [1.54, 1.807) is 0 Å². The molecule has 0 spiro atoms. The standard InChI is InChI=1S/C19H24N2OS/c1-14-7-8-18(15(2)11-14)23-13-16-5-4-6-17(12-16)19(22)21-10-9-20-3/h4-8,11-12,20H,9-10,13H2,1-3H3,(H,21,22). The van der Waals surface area contributed by atoms with Crippen LogP contribution < -0.4 is 10.6 Å². The van der Waals surface area contributed by atoms with E-state index in [0.717, 1.165) is 23.4 Å². The molecule has 4 heteroatoms. The number of aryl methyl sites for hydroxylation is 2. The maximum absolute atomic E-state index is 12.1. The zero-order valence-corrected chi connectivity index (χ0v) is 14.8. The van der Waals surface area contributed by atoms with Gasteiger partial charge in [-0.05, 0) is 50.2 Å². The van der Waals surface area contributed by atoms with Crippen LogP contribution >= 0.6 is 11.8 Å². The van der Waals surface area contributed by atoms with Gasteiger partial charge < -0.3 is 10.6 Å². The molecule has 2 N–H and O–H groups in total. The highest BCUT2D eigenvalue weighted by molar-refractivity contribution is 7.98. The lowest BCUT2D eigenvalue weighted by Crippen LogP contribution is -2.30. The number of amides is 1. The maximum atomic E-state index is 12.1. The minimum absolute atomic E-state index is 0.0152. The number of hydrogen-bond acceptors (Lipinski definition) is 3. The van der Waals surface area contributed by atoms with Crippen LogP contribution in [0.3, 0.4) is 0 Å². The average Bonchev–Trinajstić information content (AvgIpc) is 2.54. The summed E-state index contributed by atoms with van der Waals surface area (Å²) < 4.78 is 0. The molecule has 0 unspecified atom stereocenters. The van der Waals surface area contributed by atoms with Crippen molar-refractivity contribution in [3.8, 4) is 0 Å². The summed E-state index contributed by atoms with van der Waals surface area (Å²) in [6, 6.07) is 14.4. The van der Waals surface area contributed by atoms with Gasteiger partial charge >= 0.3 is 0 Å². The lowest BCUT2D eigenvalue weighted by atomic mass is 10.1. The van der Waals surface area contributed by atoms with Crippen molar-refractivity contribution in [2.75, 3.05) is 20.1 Å². The fraction of sp³-hybridized carbons (Fsp3) is 0.316. The highest BCUT2D eigenvalue weighted by atomic mass is 32.2. The van der Waals surface area contributed by atoms with Gasteiger partial charge in [0.25, 0.3) is 5.91 Å². The quantitative estimate of drug-likeness (QED) is 0.603. The van der Waals surface area contributed by atoms with Crippen molar-refractivity contribution in [2.45, 2.75) is 24.5 Å². The Labute approximate surface area is 142 Å². The molecule has 0 aliphatic rings. The zero-order chi connectivity index (χ0) is 16.7. The molecule has 0 aliphatic heterocycles. The van der Waals surface area contributed by atoms with Crippen LogP contribution in [0.25, 0.3) is 0 Å². The van der Waals surface area contributed by atoms with Crippen LogP contribution in [0, 0.1) is 13.8 Å². The molecule has 1 amide bonds. The Morgan fingerprint density at radius 3 is 2.65 bits per heavy atom. The lowest BCUT2D eigenvalue weighted by Gasteiger charge is -2.09. The summed E-state index contributed by atoms with van der Waals surface area (Å²) in [5.74, 6) is 0.847. The molecule has 2 aromatic carbocycles. The molecule has 0 bridgehead atoms. The number of nitrogens with one attached hydrogen (secondary N) is 2. The Balaban J connectivity index is 1.98. The van der Waals surface area contributed by atoms with E-state index in [2.05, 4.69) is 48.7 Å². The van der Waals surface area contributed by atoms with E-state index in [0.29, 0.717) is 6.54 Å². The number of thioether (sulfide) groups is 1. The number of benzene rings is 2. The van der Waals surface area contributed by atoms with Crippen LogP contribution in [0.1, 0.15) is 27.0 Å². The van der Waals surface area contributed by atoms with Gasteiger partial charge in [-0.25, -0.2) is 0 Å². The fourth-order valence-electron chi connectivity index (χ4n) is 2.33. The maximum Gasteiger partial charge on any atom is 0.251 e. The summed E-state index contributed by atoms with van der Waals surface area (Å²) in [6.07, 6.45) is 0. The summed E-state index contributed by atoms with van der Waals surface area (Å²) in [6.45, 7) is 5.66. The Hall–Kier alpha value is -1.78. The van der Waals surface area contributed by atoms with Gasteiger partial charge in [0.1, 0.15) is 0 Å². The molecule has 0 saturated heterocycles. The van der Waals surface area contributed by atoms with Gasteiger partial charge in [0, 0.05) is 29.3 Å². The number of rotatable bonds is 7. The van der Waals surface area contributed by atoms with E-state index in [1.165, 1.54) is 16.0 Å². The molecule has 0 atom stereocenters. The van der Waals surface area contributed by atoms with Gasteiger partial charge in [0.2, 0.25) is 0 Å². The van der Waals surface area contributed by atoms with E-state index in [-0.39, 0.29) is 5.91 Å². The van der Waals surface area contributed by atoms with Gasteiger partial charge in [-0.15, -0.1) is 11.8 Å². The number of likely N-dealkylation sites (N-methyl/N-ethyl adjacent to an activating group) is 1. The normalized spacial score (nSPS) is 10.6. The summed E-state index contributed by atoms with van der Waals surface area (Å²) >= 11 is 1.81. The highest BCUT2D eigenvalue weighted by Crippen LogP contribution is 2.26. The highest BCUT2D eigenvalue weighted by Gasteiger charge is 2.06. The Morgan fingerprint density at radius 1 is 1.09 bits per heavy atom. The molecule has 122 valence electrons. The third-order valence-electron chi connectivity index (χ3n) is 3.57. The minimum atomic E-state index is -0.0152. The Morgan fingerprint density at radius 2 is 1.91 bits per heavy atom. The van der Waals surface area contributed by atoms with Crippen molar-refractivity contribution in [1.82, 2.24) is 10.6 Å². The smallest absolute Gasteiger partial charge is 0.251 e. The van der Waals surface area contributed by atoms with Gasteiger partial charge in [-0.2, -0.15) is 0 Å². The monoisotopic (exact) mass is 328 g/mol. The van der Waals surface area contributed by atoms with E-state index >= 15 is 0 Å². The van der Waals surface area contributed by atoms with Gasteiger partial charge in [-0.1, -0.05) is 29.8 Å². The molecule has 0 saturated carbocycles. The third-order valence-corrected chi connectivity index (χ3v) is 4.82. The molecular formula is C19H24N2OS. The summed E-state index contributed by atoms with van der Waals surface area (Å²) in [4.78, 5) is 13.4. The largest absolute Gasteiger partial charge is 0.351 e.